The van der Waals surface area contributed by atoms with Crippen LogP contribution in [0.2, 0.25) is 0 Å². The van der Waals surface area contributed by atoms with Crippen LogP contribution in [0.5, 0.6) is 5.75 Å². The Bertz CT molecular complexity index is 472. The summed E-state index contributed by atoms with van der Waals surface area (Å²) in [4.78, 5) is 0. The van der Waals surface area contributed by atoms with Gasteiger partial charge in [-0.3, -0.25) is 0 Å². The first-order valence-electron chi connectivity index (χ1n) is 5.66. The van der Waals surface area contributed by atoms with Crippen LogP contribution in [-0.2, 0) is 9.84 Å². The number of hydrogen-bond donors (Lipinski definition) is 1. The first kappa shape index (κ1) is 12.4. The molecule has 2 N–H and O–H groups in total. The SMILES string of the molecule is NC1(CCOc2ccccc2)CCS(=O)(=O)C1. The second-order valence-electron chi connectivity index (χ2n) is 4.62. The predicted molar refractivity (Wildman–Crippen MR) is 66.7 cm³/mol. The van der Waals surface area contributed by atoms with Gasteiger partial charge in [0, 0.05) is 12.0 Å². The van der Waals surface area contributed by atoms with Gasteiger partial charge in [0.25, 0.3) is 0 Å². The first-order chi connectivity index (χ1) is 7.99. The van der Waals surface area contributed by atoms with Crippen molar-refractivity contribution in [3.63, 3.8) is 0 Å². The normalized spacial score (nSPS) is 26.9. The van der Waals surface area contributed by atoms with Crippen molar-refractivity contribution >= 4 is 9.84 Å². The molecular weight excluding hydrogens is 238 g/mol. The second kappa shape index (κ2) is 4.66. The van der Waals surface area contributed by atoms with Crippen molar-refractivity contribution < 1.29 is 13.2 Å². The van der Waals surface area contributed by atoms with Gasteiger partial charge in [-0.2, -0.15) is 0 Å². The molecule has 2 rings (SSSR count). The molecule has 0 aliphatic carbocycles. The fourth-order valence-electron chi connectivity index (χ4n) is 2.03. The van der Waals surface area contributed by atoms with Crippen LogP contribution in [0.3, 0.4) is 0 Å². The third-order valence-corrected chi connectivity index (χ3v) is 4.87. The van der Waals surface area contributed by atoms with Crippen LogP contribution in [0.1, 0.15) is 12.8 Å². The quantitative estimate of drug-likeness (QED) is 0.870. The van der Waals surface area contributed by atoms with E-state index in [0.717, 1.165) is 5.75 Å². The van der Waals surface area contributed by atoms with Crippen LogP contribution < -0.4 is 10.5 Å². The molecule has 0 saturated carbocycles. The summed E-state index contributed by atoms with van der Waals surface area (Å²) < 4.78 is 28.2. The summed E-state index contributed by atoms with van der Waals surface area (Å²) in [5.41, 5.74) is 5.44. The molecule has 1 heterocycles. The lowest BCUT2D eigenvalue weighted by atomic mass is 9.97. The Morgan fingerprint density at radius 2 is 2.00 bits per heavy atom. The average Bonchev–Trinajstić information content (AvgIpc) is 2.55. The third kappa shape index (κ3) is 3.44. The summed E-state index contributed by atoms with van der Waals surface area (Å²) in [7, 11) is -2.93. The molecule has 1 atom stereocenters. The lowest BCUT2D eigenvalue weighted by Gasteiger charge is -2.21. The first-order valence-corrected chi connectivity index (χ1v) is 7.48. The molecule has 0 spiro atoms. The monoisotopic (exact) mass is 255 g/mol. The van der Waals surface area contributed by atoms with Crippen molar-refractivity contribution in [2.45, 2.75) is 18.4 Å². The number of ether oxygens (including phenoxy) is 1. The second-order valence-corrected chi connectivity index (χ2v) is 6.80. The summed E-state index contributed by atoms with van der Waals surface area (Å²) in [6, 6.07) is 9.45. The van der Waals surface area contributed by atoms with Gasteiger partial charge in [-0.25, -0.2) is 8.42 Å². The molecule has 1 unspecified atom stereocenters. The fraction of sp³-hybridized carbons (Fsp3) is 0.500. The molecule has 1 aromatic carbocycles. The van der Waals surface area contributed by atoms with E-state index >= 15 is 0 Å². The van der Waals surface area contributed by atoms with Crippen LogP contribution in [0, 0.1) is 0 Å². The van der Waals surface area contributed by atoms with Gasteiger partial charge in [0.2, 0.25) is 0 Å². The Morgan fingerprint density at radius 1 is 1.29 bits per heavy atom. The molecule has 1 aliphatic rings. The maximum Gasteiger partial charge on any atom is 0.152 e. The Labute approximate surface area is 102 Å². The Balaban J connectivity index is 1.83. The smallest absolute Gasteiger partial charge is 0.152 e. The number of para-hydroxylation sites is 1. The molecule has 4 nitrogen and oxygen atoms in total. The van der Waals surface area contributed by atoms with E-state index in [1.807, 2.05) is 30.3 Å². The number of hydrogen-bond acceptors (Lipinski definition) is 4. The van der Waals surface area contributed by atoms with Crippen molar-refractivity contribution in [2.75, 3.05) is 18.1 Å². The summed E-state index contributed by atoms with van der Waals surface area (Å²) in [6.45, 7) is 0.454. The molecule has 1 fully saturated rings. The van der Waals surface area contributed by atoms with E-state index in [0.29, 0.717) is 19.4 Å². The Kier molecular flexibility index (Phi) is 3.40. The van der Waals surface area contributed by atoms with Gasteiger partial charge in [0.05, 0.1) is 18.1 Å². The molecule has 0 radical (unpaired) electrons. The summed E-state index contributed by atoms with van der Waals surface area (Å²) in [5.74, 6) is 1.07. The van der Waals surface area contributed by atoms with E-state index in [9.17, 15) is 8.42 Å². The molecule has 0 amide bonds. The van der Waals surface area contributed by atoms with Gasteiger partial charge in [0.15, 0.2) is 9.84 Å². The maximum absolute atomic E-state index is 11.4. The van der Waals surface area contributed by atoms with Crippen LogP contribution in [0.15, 0.2) is 30.3 Å². The van der Waals surface area contributed by atoms with E-state index in [2.05, 4.69) is 0 Å². The molecule has 1 aliphatic heterocycles. The van der Waals surface area contributed by atoms with Gasteiger partial charge in [-0.1, -0.05) is 18.2 Å². The Morgan fingerprint density at radius 3 is 2.59 bits per heavy atom. The summed E-state index contributed by atoms with van der Waals surface area (Å²) in [5, 5.41) is 0. The largest absolute Gasteiger partial charge is 0.494 e. The lowest BCUT2D eigenvalue weighted by molar-refractivity contribution is 0.268. The minimum absolute atomic E-state index is 0.0815. The van der Waals surface area contributed by atoms with Gasteiger partial charge in [0.1, 0.15) is 5.75 Å². The van der Waals surface area contributed by atoms with Crippen molar-refractivity contribution in [1.29, 1.82) is 0 Å². The molecule has 5 heteroatoms. The highest BCUT2D eigenvalue weighted by atomic mass is 32.2. The van der Waals surface area contributed by atoms with Gasteiger partial charge in [-0.15, -0.1) is 0 Å². The van der Waals surface area contributed by atoms with Crippen LogP contribution >= 0.6 is 0 Å². The Hall–Kier alpha value is -1.07. The molecular formula is C12H17NO3S. The van der Waals surface area contributed by atoms with E-state index < -0.39 is 15.4 Å². The van der Waals surface area contributed by atoms with Crippen LogP contribution in [-0.4, -0.2) is 32.1 Å². The standard InChI is InChI=1S/C12H17NO3S/c13-12(7-9-17(14,15)10-12)6-8-16-11-4-2-1-3-5-11/h1-5H,6-10,13H2. The molecule has 0 aromatic heterocycles. The van der Waals surface area contributed by atoms with Gasteiger partial charge < -0.3 is 10.5 Å². The van der Waals surface area contributed by atoms with Crippen molar-refractivity contribution in [2.24, 2.45) is 5.73 Å². The highest BCUT2D eigenvalue weighted by Gasteiger charge is 2.38. The highest BCUT2D eigenvalue weighted by Crippen LogP contribution is 2.24. The van der Waals surface area contributed by atoms with Crippen molar-refractivity contribution in [3.05, 3.63) is 30.3 Å². The predicted octanol–water partition coefficient (Wildman–Crippen LogP) is 0.972. The van der Waals surface area contributed by atoms with Gasteiger partial charge in [-0.05, 0) is 18.6 Å². The average molecular weight is 255 g/mol. The minimum Gasteiger partial charge on any atom is -0.494 e. The molecule has 1 saturated heterocycles. The minimum atomic E-state index is -2.93. The number of benzene rings is 1. The topological polar surface area (TPSA) is 69.4 Å². The van der Waals surface area contributed by atoms with E-state index in [1.54, 1.807) is 0 Å². The summed E-state index contributed by atoms with van der Waals surface area (Å²) >= 11 is 0. The zero-order valence-electron chi connectivity index (χ0n) is 9.63. The molecule has 0 bridgehead atoms. The van der Waals surface area contributed by atoms with Crippen molar-refractivity contribution in [3.8, 4) is 5.75 Å². The van der Waals surface area contributed by atoms with E-state index in [-0.39, 0.29) is 11.5 Å². The molecule has 94 valence electrons. The summed E-state index contributed by atoms with van der Waals surface area (Å²) in [6.07, 6.45) is 1.11. The maximum atomic E-state index is 11.4. The number of nitrogens with two attached hydrogens (primary N) is 1. The molecule has 17 heavy (non-hydrogen) atoms. The molecule has 1 aromatic rings. The highest BCUT2D eigenvalue weighted by molar-refractivity contribution is 7.91. The zero-order valence-corrected chi connectivity index (χ0v) is 10.4. The third-order valence-electron chi connectivity index (χ3n) is 3.03. The number of sulfone groups is 1. The fourth-order valence-corrected chi connectivity index (χ4v) is 4.05. The lowest BCUT2D eigenvalue weighted by Crippen LogP contribution is -2.42. The number of rotatable bonds is 4. The zero-order chi connectivity index (χ0) is 12.4. The van der Waals surface area contributed by atoms with Crippen LogP contribution in [0.25, 0.3) is 0 Å². The van der Waals surface area contributed by atoms with Gasteiger partial charge >= 0.3 is 0 Å². The van der Waals surface area contributed by atoms with Crippen molar-refractivity contribution in [1.82, 2.24) is 0 Å². The van der Waals surface area contributed by atoms with E-state index in [4.69, 9.17) is 10.5 Å². The van der Waals surface area contributed by atoms with E-state index in [1.165, 1.54) is 0 Å². The van der Waals surface area contributed by atoms with Crippen LogP contribution in [0.4, 0.5) is 0 Å².